The Bertz CT molecular complexity index is 1110. The number of hydrogen-bond donors (Lipinski definition) is 1. The molecule has 2 aromatic heterocycles. The highest BCUT2D eigenvalue weighted by molar-refractivity contribution is 7.89. The SMILES string of the molecule is Cc1nc(S(=O)(=O)N2CCC(C(=O)Nc3ccc(-n4cncn4)cc3)CC2)cn1C. The molecule has 0 aliphatic carbocycles. The zero-order valence-electron chi connectivity index (χ0n) is 16.8. The van der Waals surface area contributed by atoms with Gasteiger partial charge in [0.25, 0.3) is 10.0 Å². The van der Waals surface area contributed by atoms with Crippen molar-refractivity contribution in [2.45, 2.75) is 24.8 Å². The molecule has 0 atom stereocenters. The number of nitrogens with zero attached hydrogens (tertiary/aromatic N) is 6. The van der Waals surface area contributed by atoms with Crippen LogP contribution in [0.25, 0.3) is 5.69 Å². The van der Waals surface area contributed by atoms with Crippen LogP contribution in [-0.2, 0) is 21.9 Å². The molecule has 1 saturated heterocycles. The summed E-state index contributed by atoms with van der Waals surface area (Å²) in [7, 11) is -1.88. The smallest absolute Gasteiger partial charge is 0.262 e. The lowest BCUT2D eigenvalue weighted by atomic mass is 9.97. The van der Waals surface area contributed by atoms with E-state index in [1.165, 1.54) is 16.8 Å². The lowest BCUT2D eigenvalue weighted by molar-refractivity contribution is -0.120. The van der Waals surface area contributed by atoms with Crippen molar-refractivity contribution >= 4 is 21.6 Å². The molecule has 1 N–H and O–H groups in total. The molecule has 3 heterocycles. The maximum Gasteiger partial charge on any atom is 0.262 e. The predicted molar refractivity (Wildman–Crippen MR) is 109 cm³/mol. The molecular formula is C19H23N7O3S. The van der Waals surface area contributed by atoms with Gasteiger partial charge in [-0.2, -0.15) is 9.40 Å². The molecular weight excluding hydrogens is 406 g/mol. The van der Waals surface area contributed by atoms with Crippen LogP contribution in [0.15, 0.2) is 48.1 Å². The molecule has 1 aliphatic rings. The third-order valence-corrected chi connectivity index (χ3v) is 7.10. The van der Waals surface area contributed by atoms with Crippen molar-refractivity contribution < 1.29 is 13.2 Å². The van der Waals surface area contributed by atoms with Crippen molar-refractivity contribution in [1.82, 2.24) is 28.6 Å². The van der Waals surface area contributed by atoms with Crippen LogP contribution in [0.5, 0.6) is 0 Å². The molecule has 1 aliphatic heterocycles. The molecule has 0 unspecified atom stereocenters. The standard InChI is InChI=1S/C19H23N7O3S/c1-14-22-18(11-24(14)2)30(28,29)25-9-7-15(8-10-25)19(27)23-16-3-5-17(6-4-16)26-13-20-12-21-26/h3-6,11-13,15H,7-10H2,1-2H3,(H,23,27). The molecule has 10 nitrogen and oxygen atoms in total. The van der Waals surface area contributed by atoms with Crippen LogP contribution in [-0.4, -0.2) is 56.0 Å². The monoisotopic (exact) mass is 429 g/mol. The Kier molecular flexibility index (Phi) is 5.39. The fraction of sp³-hybridized carbons (Fsp3) is 0.368. The molecule has 158 valence electrons. The van der Waals surface area contributed by atoms with E-state index in [1.807, 2.05) is 12.1 Å². The van der Waals surface area contributed by atoms with Gasteiger partial charge in [-0.15, -0.1) is 0 Å². The quantitative estimate of drug-likeness (QED) is 0.655. The minimum atomic E-state index is -3.64. The second-order valence-corrected chi connectivity index (χ2v) is 9.18. The van der Waals surface area contributed by atoms with Gasteiger partial charge in [0.05, 0.1) is 5.69 Å². The van der Waals surface area contributed by atoms with Gasteiger partial charge in [0, 0.05) is 37.9 Å². The third-order valence-electron chi connectivity index (χ3n) is 5.33. The number of piperidine rings is 1. The fourth-order valence-electron chi connectivity index (χ4n) is 3.42. The zero-order chi connectivity index (χ0) is 21.3. The van der Waals surface area contributed by atoms with Crippen LogP contribution in [0.1, 0.15) is 18.7 Å². The van der Waals surface area contributed by atoms with Gasteiger partial charge in [-0.1, -0.05) is 0 Å². The summed E-state index contributed by atoms with van der Waals surface area (Å²) in [5, 5.41) is 7.03. The number of rotatable bonds is 5. The number of aryl methyl sites for hydroxylation is 2. The Labute approximate surface area is 174 Å². The lowest BCUT2D eigenvalue weighted by Crippen LogP contribution is -2.41. The molecule has 1 amide bonds. The molecule has 30 heavy (non-hydrogen) atoms. The highest BCUT2D eigenvalue weighted by Gasteiger charge is 2.33. The first kappa shape index (κ1) is 20.2. The van der Waals surface area contributed by atoms with Crippen molar-refractivity contribution in [3.05, 3.63) is 48.9 Å². The summed E-state index contributed by atoms with van der Waals surface area (Å²) < 4.78 is 30.3. The molecule has 3 aromatic rings. The minimum Gasteiger partial charge on any atom is -0.337 e. The number of anilines is 1. The molecule has 0 bridgehead atoms. The minimum absolute atomic E-state index is 0.0536. The Hall–Kier alpha value is -3.05. The largest absolute Gasteiger partial charge is 0.337 e. The summed E-state index contributed by atoms with van der Waals surface area (Å²) in [5.74, 6) is 0.295. The van der Waals surface area contributed by atoms with Crippen molar-refractivity contribution in [2.75, 3.05) is 18.4 Å². The highest BCUT2D eigenvalue weighted by atomic mass is 32.2. The third kappa shape index (κ3) is 3.98. The van der Waals surface area contributed by atoms with Gasteiger partial charge < -0.3 is 9.88 Å². The Morgan fingerprint density at radius 2 is 1.87 bits per heavy atom. The molecule has 0 saturated carbocycles. The van der Waals surface area contributed by atoms with E-state index in [0.717, 1.165) is 5.69 Å². The van der Waals surface area contributed by atoms with Gasteiger partial charge in [0.1, 0.15) is 18.5 Å². The number of sulfonamides is 1. The van der Waals surface area contributed by atoms with E-state index in [9.17, 15) is 13.2 Å². The van der Waals surface area contributed by atoms with Crippen LogP contribution in [0, 0.1) is 12.8 Å². The topological polar surface area (TPSA) is 115 Å². The Balaban J connectivity index is 1.35. The molecule has 11 heteroatoms. The van der Waals surface area contributed by atoms with Crippen LogP contribution in [0.4, 0.5) is 5.69 Å². The molecule has 1 fully saturated rings. The number of amides is 1. The second kappa shape index (κ2) is 8.00. The molecule has 4 rings (SSSR count). The lowest BCUT2D eigenvalue weighted by Gasteiger charge is -2.29. The average Bonchev–Trinajstić information content (AvgIpc) is 3.39. The number of imidazole rings is 1. The fourth-order valence-corrected chi connectivity index (χ4v) is 4.92. The normalized spacial score (nSPS) is 15.9. The van der Waals surface area contributed by atoms with E-state index in [2.05, 4.69) is 20.4 Å². The number of benzene rings is 1. The van der Waals surface area contributed by atoms with Crippen LogP contribution in [0.3, 0.4) is 0 Å². The molecule has 0 radical (unpaired) electrons. The maximum atomic E-state index is 12.8. The van der Waals surface area contributed by atoms with Gasteiger partial charge in [-0.3, -0.25) is 4.79 Å². The second-order valence-electron chi connectivity index (χ2n) is 7.29. The number of nitrogens with one attached hydrogen (secondary N) is 1. The summed E-state index contributed by atoms with van der Waals surface area (Å²) in [6.07, 6.45) is 5.51. The number of hydrogen-bond acceptors (Lipinski definition) is 6. The van der Waals surface area contributed by atoms with Crippen molar-refractivity contribution in [1.29, 1.82) is 0 Å². The Morgan fingerprint density at radius 3 is 2.43 bits per heavy atom. The summed E-state index contributed by atoms with van der Waals surface area (Å²) in [6, 6.07) is 7.29. The first-order chi connectivity index (χ1) is 14.3. The van der Waals surface area contributed by atoms with Crippen molar-refractivity contribution in [3.8, 4) is 5.69 Å². The maximum absolute atomic E-state index is 12.8. The molecule has 0 spiro atoms. The van der Waals surface area contributed by atoms with Crippen LogP contribution in [0.2, 0.25) is 0 Å². The van der Waals surface area contributed by atoms with E-state index in [-0.39, 0.29) is 16.9 Å². The van der Waals surface area contributed by atoms with E-state index < -0.39 is 10.0 Å². The first-order valence-corrected chi connectivity index (χ1v) is 11.0. The number of aromatic nitrogens is 5. The van der Waals surface area contributed by atoms with Gasteiger partial charge >= 0.3 is 0 Å². The highest BCUT2D eigenvalue weighted by Crippen LogP contribution is 2.25. The van der Waals surface area contributed by atoms with Crippen molar-refractivity contribution in [3.63, 3.8) is 0 Å². The number of carbonyl (C=O) groups excluding carboxylic acids is 1. The first-order valence-electron chi connectivity index (χ1n) is 9.60. The zero-order valence-corrected chi connectivity index (χ0v) is 17.6. The van der Waals surface area contributed by atoms with Gasteiger partial charge in [0.2, 0.25) is 5.91 Å². The van der Waals surface area contributed by atoms with E-state index in [1.54, 1.807) is 41.7 Å². The predicted octanol–water partition coefficient (Wildman–Crippen LogP) is 1.35. The van der Waals surface area contributed by atoms with Crippen LogP contribution >= 0.6 is 0 Å². The van der Waals surface area contributed by atoms with Gasteiger partial charge in [0.15, 0.2) is 5.03 Å². The number of carbonyl (C=O) groups is 1. The van der Waals surface area contributed by atoms with Crippen LogP contribution < -0.4 is 5.32 Å². The molecule has 1 aromatic carbocycles. The average molecular weight is 430 g/mol. The summed E-state index contributed by atoms with van der Waals surface area (Å²) in [5.41, 5.74) is 1.52. The van der Waals surface area contributed by atoms with E-state index in [0.29, 0.717) is 37.4 Å². The van der Waals surface area contributed by atoms with E-state index in [4.69, 9.17) is 0 Å². The summed E-state index contributed by atoms with van der Waals surface area (Å²) in [6.45, 7) is 2.34. The van der Waals surface area contributed by atoms with E-state index >= 15 is 0 Å². The van der Waals surface area contributed by atoms with Crippen molar-refractivity contribution in [2.24, 2.45) is 13.0 Å². The van der Waals surface area contributed by atoms with Gasteiger partial charge in [-0.25, -0.2) is 23.1 Å². The Morgan fingerprint density at radius 1 is 1.17 bits per heavy atom. The summed E-state index contributed by atoms with van der Waals surface area (Å²) >= 11 is 0. The van der Waals surface area contributed by atoms with Gasteiger partial charge in [-0.05, 0) is 44.0 Å². The summed E-state index contributed by atoms with van der Waals surface area (Å²) in [4.78, 5) is 20.7.